The molecule has 0 radical (unpaired) electrons. The largest absolute Gasteiger partial charge is 0.405 e. The van der Waals surface area contributed by atoms with Gasteiger partial charge in [0.2, 0.25) is 0 Å². The summed E-state index contributed by atoms with van der Waals surface area (Å²) in [4.78, 5) is 17.0. The van der Waals surface area contributed by atoms with Crippen LogP contribution in [-0.2, 0) is 0 Å². The summed E-state index contributed by atoms with van der Waals surface area (Å²) < 4.78 is 39.5. The van der Waals surface area contributed by atoms with Gasteiger partial charge >= 0.3 is 6.18 Å². The lowest BCUT2D eigenvalue weighted by Gasteiger charge is -2.35. The molecule has 9 heteroatoms. The Bertz CT molecular complexity index is 517. The van der Waals surface area contributed by atoms with Crippen molar-refractivity contribution in [3.05, 3.63) is 23.9 Å². The predicted molar refractivity (Wildman–Crippen MR) is 75.3 cm³/mol. The predicted octanol–water partition coefficient (Wildman–Crippen LogP) is 0.230. The number of carbonyl (C=O) groups is 1. The highest BCUT2D eigenvalue weighted by Gasteiger charge is 2.43. The average Bonchev–Trinajstić information content (AvgIpc) is 2.47. The molecule has 1 atom stereocenters. The van der Waals surface area contributed by atoms with Gasteiger partial charge < -0.3 is 16.4 Å². The molecule has 0 spiro atoms. The van der Waals surface area contributed by atoms with Crippen LogP contribution in [-0.4, -0.2) is 60.7 Å². The first-order chi connectivity index (χ1) is 10.4. The number of hydrogen-bond acceptors (Lipinski definition) is 5. The fourth-order valence-electron chi connectivity index (χ4n) is 2.30. The smallest absolute Gasteiger partial charge is 0.384 e. The van der Waals surface area contributed by atoms with E-state index >= 15 is 0 Å². The second kappa shape index (κ2) is 6.93. The van der Waals surface area contributed by atoms with Gasteiger partial charge in [0.15, 0.2) is 0 Å². The maximum Gasteiger partial charge on any atom is 0.405 e. The Morgan fingerprint density at radius 3 is 2.68 bits per heavy atom. The molecular weight excluding hydrogens is 299 g/mol. The van der Waals surface area contributed by atoms with Crippen molar-refractivity contribution in [3.8, 4) is 0 Å². The highest BCUT2D eigenvalue weighted by Crippen LogP contribution is 2.24. The number of amides is 1. The van der Waals surface area contributed by atoms with Gasteiger partial charge in [-0.1, -0.05) is 6.07 Å². The van der Waals surface area contributed by atoms with Crippen molar-refractivity contribution in [2.24, 2.45) is 0 Å². The van der Waals surface area contributed by atoms with Crippen molar-refractivity contribution in [1.82, 2.24) is 20.5 Å². The summed E-state index contributed by atoms with van der Waals surface area (Å²) in [6.07, 6.45) is -4.41. The molecule has 0 bridgehead atoms. The Morgan fingerprint density at radius 1 is 1.41 bits per heavy atom. The Kier molecular flexibility index (Phi) is 5.19. The number of nitrogens with zero attached hydrogens (tertiary/aromatic N) is 2. The Labute approximate surface area is 125 Å². The van der Waals surface area contributed by atoms with E-state index in [9.17, 15) is 18.0 Å². The Balaban J connectivity index is 2.00. The molecular formula is C13H18F3N5O. The van der Waals surface area contributed by atoms with E-state index in [2.05, 4.69) is 15.6 Å². The Hall–Kier alpha value is -1.87. The Morgan fingerprint density at radius 2 is 2.09 bits per heavy atom. The van der Waals surface area contributed by atoms with Crippen LogP contribution in [0.1, 0.15) is 10.5 Å². The summed E-state index contributed by atoms with van der Waals surface area (Å²) >= 11 is 0. The van der Waals surface area contributed by atoms with E-state index in [1.165, 1.54) is 23.1 Å². The number of carbonyl (C=O) groups excluding carboxylic acids is 1. The first-order valence-corrected chi connectivity index (χ1v) is 6.90. The fraction of sp³-hybridized carbons (Fsp3) is 0.538. The molecule has 122 valence electrons. The lowest BCUT2D eigenvalue weighted by molar-refractivity contribution is -0.183. The quantitative estimate of drug-likeness (QED) is 0.740. The number of nitrogens with one attached hydrogen (secondary N) is 2. The van der Waals surface area contributed by atoms with Crippen LogP contribution in [0.4, 0.5) is 19.0 Å². The van der Waals surface area contributed by atoms with Gasteiger partial charge in [0.25, 0.3) is 5.91 Å². The third-order valence-corrected chi connectivity index (χ3v) is 3.43. The molecule has 1 aliphatic rings. The minimum atomic E-state index is -4.41. The van der Waals surface area contributed by atoms with Gasteiger partial charge in [0.05, 0.1) is 0 Å². The molecule has 1 amide bonds. The molecule has 1 unspecified atom stereocenters. The van der Waals surface area contributed by atoms with Crippen molar-refractivity contribution < 1.29 is 18.0 Å². The molecule has 1 fully saturated rings. The van der Waals surface area contributed by atoms with Crippen LogP contribution in [0.2, 0.25) is 0 Å². The first-order valence-electron chi connectivity index (χ1n) is 6.90. The third-order valence-electron chi connectivity index (χ3n) is 3.43. The van der Waals surface area contributed by atoms with E-state index in [4.69, 9.17) is 5.73 Å². The van der Waals surface area contributed by atoms with Crippen LogP contribution in [0.3, 0.4) is 0 Å². The van der Waals surface area contributed by atoms with Gasteiger partial charge in [0, 0.05) is 32.7 Å². The van der Waals surface area contributed by atoms with Gasteiger partial charge in [-0.05, 0) is 12.1 Å². The van der Waals surface area contributed by atoms with Crippen molar-refractivity contribution in [2.45, 2.75) is 12.2 Å². The summed E-state index contributed by atoms with van der Waals surface area (Å²) in [7, 11) is 0. The van der Waals surface area contributed by atoms with Crippen LogP contribution in [0.25, 0.3) is 0 Å². The normalized spacial score (nSPS) is 18.0. The van der Waals surface area contributed by atoms with E-state index in [1.807, 2.05) is 0 Å². The van der Waals surface area contributed by atoms with Crippen LogP contribution in [0.5, 0.6) is 0 Å². The zero-order valence-corrected chi connectivity index (χ0v) is 11.9. The number of rotatable bonds is 4. The first kappa shape index (κ1) is 16.5. The SMILES string of the molecule is Nc1cccc(C(=O)NCC(N2CCNCC2)C(F)(F)F)n1. The van der Waals surface area contributed by atoms with E-state index in [1.54, 1.807) is 0 Å². The van der Waals surface area contributed by atoms with Gasteiger partial charge in [-0.3, -0.25) is 9.69 Å². The van der Waals surface area contributed by atoms with Gasteiger partial charge in [0.1, 0.15) is 17.6 Å². The van der Waals surface area contributed by atoms with E-state index in [0.717, 1.165) is 0 Å². The van der Waals surface area contributed by atoms with Gasteiger partial charge in [-0.15, -0.1) is 0 Å². The van der Waals surface area contributed by atoms with Crippen molar-refractivity contribution in [2.75, 3.05) is 38.5 Å². The molecule has 2 heterocycles. The standard InChI is InChI=1S/C13H18F3N5O/c14-13(15,16)10(21-6-4-18-5-7-21)8-19-12(22)9-2-1-3-11(17)20-9/h1-3,10,18H,4-8H2,(H2,17,20)(H,19,22). The highest BCUT2D eigenvalue weighted by molar-refractivity contribution is 5.92. The van der Waals surface area contributed by atoms with Crippen LogP contribution in [0.15, 0.2) is 18.2 Å². The van der Waals surface area contributed by atoms with Crippen LogP contribution >= 0.6 is 0 Å². The van der Waals surface area contributed by atoms with Crippen LogP contribution < -0.4 is 16.4 Å². The zero-order valence-electron chi connectivity index (χ0n) is 11.9. The van der Waals surface area contributed by atoms with Gasteiger partial charge in [-0.2, -0.15) is 13.2 Å². The van der Waals surface area contributed by atoms with Gasteiger partial charge in [-0.25, -0.2) is 4.98 Å². The molecule has 1 aromatic heterocycles. The van der Waals surface area contributed by atoms with E-state index in [-0.39, 0.29) is 24.6 Å². The molecule has 4 N–H and O–H groups in total. The number of nitrogens with two attached hydrogens (primary N) is 1. The number of alkyl halides is 3. The minimum Gasteiger partial charge on any atom is -0.384 e. The van der Waals surface area contributed by atoms with Crippen molar-refractivity contribution in [1.29, 1.82) is 0 Å². The zero-order chi connectivity index (χ0) is 16.2. The molecule has 22 heavy (non-hydrogen) atoms. The average molecular weight is 317 g/mol. The number of aromatic nitrogens is 1. The molecule has 1 aromatic rings. The third kappa shape index (κ3) is 4.31. The molecule has 0 aromatic carbocycles. The summed E-state index contributed by atoms with van der Waals surface area (Å²) in [6.45, 7) is 1.06. The molecule has 6 nitrogen and oxygen atoms in total. The number of halogens is 3. The summed E-state index contributed by atoms with van der Waals surface area (Å²) in [6, 6.07) is 2.71. The molecule has 0 aliphatic carbocycles. The number of anilines is 1. The molecule has 0 saturated carbocycles. The maximum atomic E-state index is 13.2. The van der Waals surface area contributed by atoms with E-state index in [0.29, 0.717) is 13.1 Å². The fourth-order valence-corrected chi connectivity index (χ4v) is 2.30. The lowest BCUT2D eigenvalue weighted by atomic mass is 10.2. The maximum absolute atomic E-state index is 13.2. The molecule has 1 saturated heterocycles. The van der Waals surface area contributed by atoms with E-state index < -0.39 is 24.7 Å². The molecule has 2 rings (SSSR count). The van der Waals surface area contributed by atoms with Crippen molar-refractivity contribution >= 4 is 11.7 Å². The number of pyridine rings is 1. The second-order valence-electron chi connectivity index (χ2n) is 5.00. The lowest BCUT2D eigenvalue weighted by Crippen LogP contribution is -2.57. The summed E-state index contributed by atoms with van der Waals surface area (Å²) in [5.74, 6) is -0.529. The highest BCUT2D eigenvalue weighted by atomic mass is 19.4. The number of nitrogen functional groups attached to an aromatic ring is 1. The van der Waals surface area contributed by atoms with Crippen LogP contribution in [0, 0.1) is 0 Å². The topological polar surface area (TPSA) is 83.3 Å². The monoisotopic (exact) mass is 317 g/mol. The number of hydrogen-bond donors (Lipinski definition) is 3. The van der Waals surface area contributed by atoms with Crippen molar-refractivity contribution in [3.63, 3.8) is 0 Å². The second-order valence-corrected chi connectivity index (χ2v) is 5.00. The molecule has 1 aliphatic heterocycles. The minimum absolute atomic E-state index is 0.00114. The number of piperazine rings is 1. The summed E-state index contributed by atoms with van der Waals surface area (Å²) in [5.41, 5.74) is 5.45. The summed E-state index contributed by atoms with van der Waals surface area (Å²) in [5, 5.41) is 5.29.